The van der Waals surface area contributed by atoms with Crippen molar-refractivity contribution in [1.29, 1.82) is 0 Å². The molecule has 0 bridgehead atoms. The molecule has 0 radical (unpaired) electrons. The summed E-state index contributed by atoms with van der Waals surface area (Å²) in [4.78, 5) is 15.7. The summed E-state index contributed by atoms with van der Waals surface area (Å²) in [6.45, 7) is 2.80. The lowest BCUT2D eigenvalue weighted by atomic mass is 10.2. The molecule has 7 nitrogen and oxygen atoms in total. The van der Waals surface area contributed by atoms with Crippen molar-refractivity contribution in [1.82, 2.24) is 15.5 Å². The summed E-state index contributed by atoms with van der Waals surface area (Å²) in [7, 11) is 1.87. The number of carbonyl (C=O) groups excluding carboxylic acids is 1. The third kappa shape index (κ3) is 5.17. The quantitative estimate of drug-likeness (QED) is 0.724. The monoisotopic (exact) mass is 304 g/mol. The van der Waals surface area contributed by atoms with E-state index < -0.39 is 0 Å². The zero-order valence-electron chi connectivity index (χ0n) is 12.8. The fourth-order valence-electron chi connectivity index (χ4n) is 1.83. The summed E-state index contributed by atoms with van der Waals surface area (Å²) in [6.07, 6.45) is 1.31. The van der Waals surface area contributed by atoms with E-state index in [-0.39, 0.29) is 12.5 Å². The van der Waals surface area contributed by atoms with Gasteiger partial charge in [0, 0.05) is 19.0 Å². The molecule has 0 saturated heterocycles. The van der Waals surface area contributed by atoms with E-state index in [0.29, 0.717) is 23.9 Å². The van der Waals surface area contributed by atoms with Crippen LogP contribution in [0.4, 0.5) is 5.69 Å². The second kappa shape index (κ2) is 8.14. The first-order valence-electron chi connectivity index (χ1n) is 7.14. The van der Waals surface area contributed by atoms with Crippen LogP contribution in [0, 0.1) is 6.92 Å². The van der Waals surface area contributed by atoms with Gasteiger partial charge < -0.3 is 19.9 Å². The Morgan fingerprint density at radius 2 is 2.09 bits per heavy atom. The molecule has 0 atom stereocenters. The van der Waals surface area contributed by atoms with Crippen molar-refractivity contribution in [2.45, 2.75) is 26.4 Å². The van der Waals surface area contributed by atoms with Crippen LogP contribution in [0.5, 0.6) is 5.75 Å². The van der Waals surface area contributed by atoms with Crippen molar-refractivity contribution in [3.05, 3.63) is 36.0 Å². The lowest BCUT2D eigenvalue weighted by Crippen LogP contribution is -2.15. The van der Waals surface area contributed by atoms with Gasteiger partial charge in [0.15, 0.2) is 6.61 Å². The average Bonchev–Trinajstić information content (AvgIpc) is 2.92. The lowest BCUT2D eigenvalue weighted by molar-refractivity contribution is -0.116. The molecule has 118 valence electrons. The Hall–Kier alpha value is -2.41. The predicted molar refractivity (Wildman–Crippen MR) is 81.6 cm³/mol. The number of hydrogen-bond acceptors (Lipinski definition) is 6. The molecule has 1 heterocycles. The van der Waals surface area contributed by atoms with Crippen LogP contribution in [0.25, 0.3) is 0 Å². The Labute approximate surface area is 129 Å². The topological polar surface area (TPSA) is 89.3 Å². The Morgan fingerprint density at radius 3 is 2.73 bits per heavy atom. The fourth-order valence-corrected chi connectivity index (χ4v) is 1.83. The molecule has 1 amide bonds. The minimum Gasteiger partial charge on any atom is -0.485 e. The van der Waals surface area contributed by atoms with Gasteiger partial charge in [0.05, 0.1) is 0 Å². The number of nitrogens with one attached hydrogen (secondary N) is 2. The van der Waals surface area contributed by atoms with Crippen LogP contribution in [0.1, 0.15) is 24.6 Å². The minimum absolute atomic E-state index is 0.00573. The summed E-state index contributed by atoms with van der Waals surface area (Å²) >= 11 is 0. The molecule has 0 saturated carbocycles. The zero-order chi connectivity index (χ0) is 15.8. The summed E-state index contributed by atoms with van der Waals surface area (Å²) in [6, 6.07) is 7.17. The lowest BCUT2D eigenvalue weighted by Gasteiger charge is -2.07. The standard InChI is InChI=1S/C15H20N4O3/c1-11-17-14(19-22-11)10-21-13-7-5-12(6-8-13)18-15(20)4-3-9-16-2/h5-8,16H,3-4,9-10H2,1-2H3,(H,18,20). The van der Waals surface area contributed by atoms with E-state index >= 15 is 0 Å². The van der Waals surface area contributed by atoms with Gasteiger partial charge in [-0.2, -0.15) is 4.98 Å². The van der Waals surface area contributed by atoms with Crippen LogP contribution in [0.3, 0.4) is 0 Å². The Morgan fingerprint density at radius 1 is 1.32 bits per heavy atom. The Balaban J connectivity index is 1.78. The second-order valence-electron chi connectivity index (χ2n) is 4.80. The van der Waals surface area contributed by atoms with E-state index in [1.54, 1.807) is 31.2 Å². The van der Waals surface area contributed by atoms with Crippen LogP contribution in [-0.2, 0) is 11.4 Å². The molecule has 0 spiro atoms. The van der Waals surface area contributed by atoms with Gasteiger partial charge in [-0.15, -0.1) is 0 Å². The van der Waals surface area contributed by atoms with Crippen molar-refractivity contribution < 1.29 is 14.1 Å². The predicted octanol–water partition coefficient (Wildman–Crippen LogP) is 1.90. The molecule has 0 aliphatic rings. The van der Waals surface area contributed by atoms with Gasteiger partial charge in [0.2, 0.25) is 17.6 Å². The Bertz CT molecular complexity index is 595. The molecule has 2 N–H and O–H groups in total. The molecule has 7 heteroatoms. The van der Waals surface area contributed by atoms with E-state index in [9.17, 15) is 4.79 Å². The third-order valence-corrected chi connectivity index (χ3v) is 2.91. The van der Waals surface area contributed by atoms with Crippen molar-refractivity contribution >= 4 is 11.6 Å². The first-order chi connectivity index (χ1) is 10.7. The molecule has 1 aromatic carbocycles. The highest BCUT2D eigenvalue weighted by molar-refractivity contribution is 5.90. The molecule has 22 heavy (non-hydrogen) atoms. The second-order valence-corrected chi connectivity index (χ2v) is 4.80. The molecule has 2 rings (SSSR count). The Kier molecular flexibility index (Phi) is 5.91. The van der Waals surface area contributed by atoms with E-state index in [4.69, 9.17) is 9.26 Å². The maximum atomic E-state index is 11.7. The number of benzene rings is 1. The van der Waals surface area contributed by atoms with Gasteiger partial charge in [-0.25, -0.2) is 0 Å². The molecule has 2 aromatic rings. The van der Waals surface area contributed by atoms with Crippen LogP contribution < -0.4 is 15.4 Å². The van der Waals surface area contributed by atoms with Gasteiger partial charge in [0.25, 0.3) is 0 Å². The first kappa shape index (κ1) is 16.0. The summed E-state index contributed by atoms with van der Waals surface area (Å²) in [5.74, 6) is 1.69. The normalized spacial score (nSPS) is 10.5. The molecular weight excluding hydrogens is 284 g/mol. The van der Waals surface area contributed by atoms with E-state index in [0.717, 1.165) is 18.7 Å². The molecule has 0 fully saturated rings. The van der Waals surface area contributed by atoms with Gasteiger partial charge in [0.1, 0.15) is 5.75 Å². The minimum atomic E-state index is 0.00573. The van der Waals surface area contributed by atoms with Crippen molar-refractivity contribution in [2.24, 2.45) is 0 Å². The first-order valence-corrected chi connectivity index (χ1v) is 7.14. The van der Waals surface area contributed by atoms with Crippen molar-refractivity contribution in [2.75, 3.05) is 18.9 Å². The van der Waals surface area contributed by atoms with Crippen LogP contribution in [0.2, 0.25) is 0 Å². The smallest absolute Gasteiger partial charge is 0.224 e. The number of aryl methyl sites for hydroxylation is 1. The average molecular weight is 304 g/mol. The number of amides is 1. The highest BCUT2D eigenvalue weighted by atomic mass is 16.5. The van der Waals surface area contributed by atoms with E-state index in [1.807, 2.05) is 7.05 Å². The zero-order valence-corrected chi connectivity index (χ0v) is 12.8. The molecule has 0 aliphatic heterocycles. The van der Waals surface area contributed by atoms with Crippen LogP contribution in [-0.4, -0.2) is 29.6 Å². The molecule has 0 unspecified atom stereocenters. The molecule has 0 aliphatic carbocycles. The number of anilines is 1. The summed E-state index contributed by atoms with van der Waals surface area (Å²) < 4.78 is 10.4. The highest BCUT2D eigenvalue weighted by Gasteiger charge is 2.04. The van der Waals surface area contributed by atoms with Crippen molar-refractivity contribution in [3.8, 4) is 5.75 Å². The number of nitrogens with zero attached hydrogens (tertiary/aromatic N) is 2. The number of hydrogen-bond donors (Lipinski definition) is 2. The SMILES string of the molecule is CNCCCC(=O)Nc1ccc(OCc2noc(C)n2)cc1. The van der Waals surface area contributed by atoms with Gasteiger partial charge in [-0.1, -0.05) is 5.16 Å². The summed E-state index contributed by atoms with van der Waals surface area (Å²) in [5, 5.41) is 9.60. The number of carbonyl (C=O) groups is 1. The summed E-state index contributed by atoms with van der Waals surface area (Å²) in [5.41, 5.74) is 0.747. The maximum absolute atomic E-state index is 11.7. The third-order valence-electron chi connectivity index (χ3n) is 2.91. The number of aromatic nitrogens is 2. The van der Waals surface area contributed by atoms with E-state index in [2.05, 4.69) is 20.8 Å². The maximum Gasteiger partial charge on any atom is 0.224 e. The van der Waals surface area contributed by atoms with Crippen LogP contribution >= 0.6 is 0 Å². The highest BCUT2D eigenvalue weighted by Crippen LogP contribution is 2.17. The van der Waals surface area contributed by atoms with Crippen molar-refractivity contribution in [3.63, 3.8) is 0 Å². The molecule has 1 aromatic heterocycles. The molecular formula is C15H20N4O3. The van der Waals surface area contributed by atoms with Gasteiger partial charge >= 0.3 is 0 Å². The van der Waals surface area contributed by atoms with Gasteiger partial charge in [-0.3, -0.25) is 4.79 Å². The largest absolute Gasteiger partial charge is 0.485 e. The van der Waals surface area contributed by atoms with E-state index in [1.165, 1.54) is 0 Å². The number of rotatable bonds is 8. The fraction of sp³-hybridized carbons (Fsp3) is 0.400. The number of ether oxygens (including phenoxy) is 1. The van der Waals surface area contributed by atoms with Crippen LogP contribution in [0.15, 0.2) is 28.8 Å². The van der Waals surface area contributed by atoms with Gasteiger partial charge in [-0.05, 0) is 44.3 Å².